The van der Waals surface area contributed by atoms with Crippen molar-refractivity contribution in [3.8, 4) is 11.5 Å². The summed E-state index contributed by atoms with van der Waals surface area (Å²) < 4.78 is 17.3. The van der Waals surface area contributed by atoms with E-state index >= 15 is 0 Å². The van der Waals surface area contributed by atoms with E-state index in [1.165, 1.54) is 0 Å². The fraction of sp³-hybridized carbons (Fsp3) is 0.577. The van der Waals surface area contributed by atoms with Crippen LogP contribution in [-0.4, -0.2) is 98.2 Å². The molecule has 34 heavy (non-hydrogen) atoms. The number of morpholine rings is 1. The highest BCUT2D eigenvalue weighted by Gasteiger charge is 2.37. The van der Waals surface area contributed by atoms with Crippen molar-refractivity contribution < 1.29 is 19.3 Å². The van der Waals surface area contributed by atoms with E-state index in [9.17, 15) is 5.11 Å². The van der Waals surface area contributed by atoms with Crippen LogP contribution in [-0.2, 0) is 11.3 Å². The van der Waals surface area contributed by atoms with Crippen LogP contribution in [0.5, 0.6) is 11.5 Å². The van der Waals surface area contributed by atoms with Crippen LogP contribution in [0, 0.1) is 0 Å². The summed E-state index contributed by atoms with van der Waals surface area (Å²) in [6.45, 7) is 10.3. The van der Waals surface area contributed by atoms with Gasteiger partial charge >= 0.3 is 0 Å². The highest BCUT2D eigenvalue weighted by atomic mass is 16.5. The van der Waals surface area contributed by atoms with Crippen LogP contribution in [0.4, 0.5) is 5.82 Å². The number of anilines is 1. The number of aromatic nitrogens is 1. The molecule has 2 aliphatic rings. The van der Waals surface area contributed by atoms with E-state index in [0.29, 0.717) is 26.3 Å². The Morgan fingerprint density at radius 1 is 1.12 bits per heavy atom. The van der Waals surface area contributed by atoms with E-state index in [1.54, 1.807) is 6.20 Å². The maximum Gasteiger partial charge on any atom is 0.161 e. The fourth-order valence-corrected chi connectivity index (χ4v) is 4.74. The number of hydrogen-bond acceptors (Lipinski definition) is 8. The molecule has 4 rings (SSSR count). The van der Waals surface area contributed by atoms with Crippen molar-refractivity contribution in [1.82, 2.24) is 14.8 Å². The quantitative estimate of drug-likeness (QED) is 0.536. The molecule has 1 atom stereocenters. The highest BCUT2D eigenvalue weighted by molar-refractivity contribution is 5.43. The lowest BCUT2D eigenvalue weighted by Crippen LogP contribution is -2.43. The van der Waals surface area contributed by atoms with E-state index in [1.807, 2.05) is 31.2 Å². The minimum absolute atomic E-state index is 0.586. The Bertz CT molecular complexity index is 894. The van der Waals surface area contributed by atoms with Crippen LogP contribution < -0.4 is 14.4 Å². The molecule has 2 fully saturated rings. The molecule has 186 valence electrons. The lowest BCUT2D eigenvalue weighted by atomic mass is 10.0. The molecule has 0 amide bonds. The first kappa shape index (κ1) is 24.7. The van der Waals surface area contributed by atoms with Gasteiger partial charge in [0.05, 0.1) is 25.4 Å². The zero-order valence-electron chi connectivity index (χ0n) is 20.5. The molecule has 2 aromatic rings. The topological polar surface area (TPSA) is 70.5 Å². The molecule has 1 aromatic heterocycles. The van der Waals surface area contributed by atoms with Gasteiger partial charge in [0.15, 0.2) is 11.5 Å². The maximum atomic E-state index is 11.2. The predicted octanol–water partition coefficient (Wildman–Crippen LogP) is 2.26. The van der Waals surface area contributed by atoms with Crippen LogP contribution in [0.3, 0.4) is 0 Å². The van der Waals surface area contributed by atoms with Crippen molar-refractivity contribution in [3.63, 3.8) is 0 Å². The molecule has 0 bridgehead atoms. The van der Waals surface area contributed by atoms with Crippen molar-refractivity contribution in [1.29, 1.82) is 0 Å². The lowest BCUT2D eigenvalue weighted by molar-refractivity contribution is 0.0279. The lowest BCUT2D eigenvalue weighted by Gasteiger charge is -2.29. The summed E-state index contributed by atoms with van der Waals surface area (Å²) in [7, 11) is 2.05. The summed E-state index contributed by atoms with van der Waals surface area (Å²) in [5.41, 5.74) is 0.382. The van der Waals surface area contributed by atoms with E-state index < -0.39 is 5.60 Å². The number of nitrogens with zero attached hydrogens (tertiary/aromatic N) is 4. The molecule has 0 saturated carbocycles. The number of aliphatic hydroxyl groups is 1. The SMILES string of the molecule is CCOc1cc(CN(C)C[C@]2(O)CCN(c3ccccn3)C2)ccc1OCCN1CCOCC1. The van der Waals surface area contributed by atoms with Crippen molar-refractivity contribution >= 4 is 5.82 Å². The second kappa shape index (κ2) is 11.8. The Kier molecular flexibility index (Phi) is 8.61. The van der Waals surface area contributed by atoms with Gasteiger partial charge in [0.2, 0.25) is 0 Å². The Hall–Kier alpha value is -2.39. The second-order valence-electron chi connectivity index (χ2n) is 9.27. The highest BCUT2D eigenvalue weighted by Crippen LogP contribution is 2.30. The number of rotatable bonds is 11. The summed E-state index contributed by atoms with van der Waals surface area (Å²) in [6.07, 6.45) is 2.53. The number of hydrogen-bond donors (Lipinski definition) is 1. The summed E-state index contributed by atoms with van der Waals surface area (Å²) in [5.74, 6) is 2.48. The van der Waals surface area contributed by atoms with Gasteiger partial charge in [-0.1, -0.05) is 12.1 Å². The molecule has 1 aromatic carbocycles. The van der Waals surface area contributed by atoms with Gasteiger partial charge < -0.3 is 24.2 Å². The van der Waals surface area contributed by atoms with Crippen molar-refractivity contribution in [2.45, 2.75) is 25.5 Å². The monoisotopic (exact) mass is 470 g/mol. The molecule has 8 heteroatoms. The van der Waals surface area contributed by atoms with Crippen LogP contribution >= 0.6 is 0 Å². The average Bonchev–Trinajstić information content (AvgIpc) is 3.23. The third kappa shape index (κ3) is 6.82. The molecule has 0 unspecified atom stereocenters. The van der Waals surface area contributed by atoms with Crippen LogP contribution in [0.2, 0.25) is 0 Å². The van der Waals surface area contributed by atoms with Gasteiger partial charge in [-0.2, -0.15) is 0 Å². The minimum Gasteiger partial charge on any atom is -0.490 e. The molecule has 2 saturated heterocycles. The normalized spacial score (nSPS) is 21.2. The van der Waals surface area contributed by atoms with Crippen LogP contribution in [0.15, 0.2) is 42.6 Å². The van der Waals surface area contributed by atoms with Gasteiger partial charge in [-0.15, -0.1) is 0 Å². The average molecular weight is 471 g/mol. The Labute approximate surface area is 203 Å². The molecule has 8 nitrogen and oxygen atoms in total. The Morgan fingerprint density at radius 3 is 2.74 bits per heavy atom. The number of likely N-dealkylation sites (N-methyl/N-ethyl adjacent to an activating group) is 1. The zero-order valence-corrected chi connectivity index (χ0v) is 20.5. The molecular weight excluding hydrogens is 432 g/mol. The van der Waals surface area contributed by atoms with Crippen LogP contribution in [0.25, 0.3) is 0 Å². The third-order valence-electron chi connectivity index (χ3n) is 6.40. The predicted molar refractivity (Wildman–Crippen MR) is 133 cm³/mol. The van der Waals surface area contributed by atoms with Gasteiger partial charge in [0.25, 0.3) is 0 Å². The summed E-state index contributed by atoms with van der Waals surface area (Å²) in [4.78, 5) is 11.1. The first-order chi connectivity index (χ1) is 16.5. The van der Waals surface area contributed by atoms with Gasteiger partial charge in [-0.3, -0.25) is 9.80 Å². The largest absolute Gasteiger partial charge is 0.490 e. The van der Waals surface area contributed by atoms with E-state index in [2.05, 4.69) is 38.9 Å². The number of ether oxygens (including phenoxy) is 3. The van der Waals surface area contributed by atoms with Gasteiger partial charge in [-0.05, 0) is 50.2 Å². The van der Waals surface area contributed by atoms with E-state index in [-0.39, 0.29) is 0 Å². The van der Waals surface area contributed by atoms with Crippen molar-refractivity contribution in [2.24, 2.45) is 0 Å². The standard InChI is InChI=1S/C26H38N4O4/c1-3-33-24-18-22(7-8-23(24)34-17-14-29-12-15-32-16-13-29)19-28(2)20-26(31)9-11-30(21-26)25-6-4-5-10-27-25/h4-8,10,18,31H,3,9,11-17,19-21H2,1-2H3/t26-/m1/s1. The summed E-state index contributed by atoms with van der Waals surface area (Å²) in [5, 5.41) is 11.2. The Morgan fingerprint density at radius 2 is 1.97 bits per heavy atom. The van der Waals surface area contributed by atoms with Gasteiger partial charge in [0, 0.05) is 52.0 Å². The molecule has 0 aliphatic carbocycles. The number of benzene rings is 1. The molecule has 0 spiro atoms. The smallest absolute Gasteiger partial charge is 0.161 e. The Balaban J connectivity index is 1.30. The third-order valence-corrected chi connectivity index (χ3v) is 6.40. The molecule has 2 aliphatic heterocycles. The van der Waals surface area contributed by atoms with E-state index in [4.69, 9.17) is 14.2 Å². The first-order valence-electron chi connectivity index (χ1n) is 12.3. The van der Waals surface area contributed by atoms with Gasteiger partial charge in [0.1, 0.15) is 12.4 Å². The molecule has 0 radical (unpaired) electrons. The summed E-state index contributed by atoms with van der Waals surface area (Å²) in [6, 6.07) is 12.0. The first-order valence-corrected chi connectivity index (χ1v) is 12.3. The zero-order chi connectivity index (χ0) is 23.8. The maximum absolute atomic E-state index is 11.2. The van der Waals surface area contributed by atoms with Crippen LogP contribution in [0.1, 0.15) is 18.9 Å². The van der Waals surface area contributed by atoms with Crippen molar-refractivity contribution in [2.75, 3.05) is 77.6 Å². The summed E-state index contributed by atoms with van der Waals surface area (Å²) >= 11 is 0. The number of β-amino-alcohol motifs (C(OH)–C–C–N with tert-alkyl or cyclic N) is 1. The van der Waals surface area contributed by atoms with Crippen molar-refractivity contribution in [3.05, 3.63) is 48.2 Å². The van der Waals surface area contributed by atoms with Gasteiger partial charge in [-0.25, -0.2) is 4.98 Å². The molecule has 1 N–H and O–H groups in total. The molecular formula is C26H38N4O4. The van der Waals surface area contributed by atoms with E-state index in [0.717, 1.165) is 75.2 Å². The molecule has 3 heterocycles. The minimum atomic E-state index is -0.752. The fourth-order valence-electron chi connectivity index (χ4n) is 4.74. The second-order valence-corrected chi connectivity index (χ2v) is 9.27. The number of pyridine rings is 1.